The Hall–Kier alpha value is -0.520. The van der Waals surface area contributed by atoms with Gasteiger partial charge in [0.15, 0.2) is 0 Å². The van der Waals surface area contributed by atoms with Gasteiger partial charge in [-0.3, -0.25) is 0 Å². The smallest absolute Gasteiger partial charge is 0.0199 e. The van der Waals surface area contributed by atoms with E-state index in [0.717, 1.165) is 11.8 Å². The second-order valence-corrected chi connectivity index (χ2v) is 3.45. The summed E-state index contributed by atoms with van der Waals surface area (Å²) < 4.78 is 0. The summed E-state index contributed by atoms with van der Waals surface area (Å²) in [6.45, 7) is 6.14. The normalized spacial score (nSPS) is 31.4. The summed E-state index contributed by atoms with van der Waals surface area (Å²) >= 11 is 0. The molecular formula is C11H18. The molecule has 0 aliphatic heterocycles. The van der Waals surface area contributed by atoms with Crippen molar-refractivity contribution in [3.05, 3.63) is 24.8 Å². The van der Waals surface area contributed by atoms with Crippen LogP contribution in [0.3, 0.4) is 0 Å². The third-order valence-electron chi connectivity index (χ3n) is 2.62. The maximum Gasteiger partial charge on any atom is -0.0199 e. The third kappa shape index (κ3) is 2.53. The van der Waals surface area contributed by atoms with Gasteiger partial charge in [0.05, 0.1) is 0 Å². The molecule has 0 saturated carbocycles. The standard InChI is InChI=1S/C11H18/c1-3-10-7-5-6-8-11(4-2)9-10/h3,5-6,10-11H,1,4,7-9H2,2H3. The molecule has 11 heavy (non-hydrogen) atoms. The third-order valence-corrected chi connectivity index (χ3v) is 2.62. The highest BCUT2D eigenvalue weighted by molar-refractivity contribution is 4.95. The molecule has 1 aliphatic rings. The first-order chi connectivity index (χ1) is 5.36. The lowest BCUT2D eigenvalue weighted by atomic mass is 9.91. The predicted molar refractivity (Wildman–Crippen MR) is 50.5 cm³/mol. The molecule has 0 heteroatoms. The lowest BCUT2D eigenvalue weighted by Gasteiger charge is -2.14. The number of allylic oxidation sites excluding steroid dienone is 3. The zero-order valence-electron chi connectivity index (χ0n) is 7.42. The highest BCUT2D eigenvalue weighted by Gasteiger charge is 2.12. The van der Waals surface area contributed by atoms with E-state index in [1.165, 1.54) is 25.7 Å². The van der Waals surface area contributed by atoms with Gasteiger partial charge in [0.2, 0.25) is 0 Å². The Morgan fingerprint density at radius 1 is 1.45 bits per heavy atom. The second kappa shape index (κ2) is 4.38. The van der Waals surface area contributed by atoms with E-state index in [9.17, 15) is 0 Å². The summed E-state index contributed by atoms with van der Waals surface area (Å²) in [5, 5.41) is 0. The van der Waals surface area contributed by atoms with E-state index >= 15 is 0 Å². The molecule has 1 rings (SSSR count). The van der Waals surface area contributed by atoms with Crippen molar-refractivity contribution in [2.45, 2.75) is 32.6 Å². The molecule has 0 aromatic rings. The molecular weight excluding hydrogens is 132 g/mol. The molecule has 0 heterocycles. The van der Waals surface area contributed by atoms with E-state index < -0.39 is 0 Å². The Bertz CT molecular complexity index is 144. The van der Waals surface area contributed by atoms with Crippen molar-refractivity contribution in [2.75, 3.05) is 0 Å². The van der Waals surface area contributed by atoms with Crippen LogP contribution in [0, 0.1) is 11.8 Å². The van der Waals surface area contributed by atoms with Gasteiger partial charge in [-0.1, -0.05) is 31.6 Å². The summed E-state index contributed by atoms with van der Waals surface area (Å²) in [5.41, 5.74) is 0. The zero-order chi connectivity index (χ0) is 8.10. The van der Waals surface area contributed by atoms with Gasteiger partial charge in [0.25, 0.3) is 0 Å². The number of hydrogen-bond donors (Lipinski definition) is 0. The largest absolute Gasteiger partial charge is 0.103 e. The minimum Gasteiger partial charge on any atom is -0.103 e. The van der Waals surface area contributed by atoms with E-state index in [1.807, 2.05) is 0 Å². The summed E-state index contributed by atoms with van der Waals surface area (Å²) in [6, 6.07) is 0. The summed E-state index contributed by atoms with van der Waals surface area (Å²) in [6.07, 6.45) is 11.9. The molecule has 0 spiro atoms. The fourth-order valence-electron chi connectivity index (χ4n) is 1.71. The Balaban J connectivity index is 2.47. The average molecular weight is 150 g/mol. The Morgan fingerprint density at radius 2 is 2.18 bits per heavy atom. The molecule has 0 nitrogen and oxygen atoms in total. The maximum atomic E-state index is 3.86. The first-order valence-electron chi connectivity index (χ1n) is 4.64. The number of rotatable bonds is 2. The van der Waals surface area contributed by atoms with Gasteiger partial charge in [0, 0.05) is 0 Å². The quantitative estimate of drug-likeness (QED) is 0.528. The minimum absolute atomic E-state index is 0.735. The molecule has 0 aromatic carbocycles. The SMILES string of the molecule is C=CC1CC=CCC(CC)C1. The first-order valence-corrected chi connectivity index (χ1v) is 4.64. The predicted octanol–water partition coefficient (Wildman–Crippen LogP) is 3.55. The van der Waals surface area contributed by atoms with Crippen molar-refractivity contribution in [3.8, 4) is 0 Å². The van der Waals surface area contributed by atoms with Gasteiger partial charge in [0.1, 0.15) is 0 Å². The molecule has 0 N–H and O–H groups in total. The monoisotopic (exact) mass is 150 g/mol. The Labute approximate surface area is 70.0 Å². The maximum absolute atomic E-state index is 3.86. The van der Waals surface area contributed by atoms with Crippen LogP contribution in [0.1, 0.15) is 32.6 Å². The van der Waals surface area contributed by atoms with Gasteiger partial charge in [-0.05, 0) is 31.1 Å². The van der Waals surface area contributed by atoms with Crippen LogP contribution in [-0.4, -0.2) is 0 Å². The van der Waals surface area contributed by atoms with Gasteiger partial charge in [-0.25, -0.2) is 0 Å². The molecule has 62 valence electrons. The highest BCUT2D eigenvalue weighted by Crippen LogP contribution is 2.26. The first kappa shape index (κ1) is 8.58. The fourth-order valence-corrected chi connectivity index (χ4v) is 1.71. The van der Waals surface area contributed by atoms with Crippen molar-refractivity contribution in [1.29, 1.82) is 0 Å². The average Bonchev–Trinajstić information content (AvgIpc) is 2.28. The molecule has 0 saturated heterocycles. The number of hydrogen-bond acceptors (Lipinski definition) is 0. The Kier molecular flexibility index (Phi) is 3.41. The van der Waals surface area contributed by atoms with E-state index in [1.54, 1.807) is 0 Å². The van der Waals surface area contributed by atoms with Crippen LogP contribution >= 0.6 is 0 Å². The van der Waals surface area contributed by atoms with Crippen LogP contribution in [-0.2, 0) is 0 Å². The molecule has 2 unspecified atom stereocenters. The summed E-state index contributed by atoms with van der Waals surface area (Å²) in [7, 11) is 0. The van der Waals surface area contributed by atoms with Gasteiger partial charge in [-0.15, -0.1) is 6.58 Å². The molecule has 0 aromatic heterocycles. The van der Waals surface area contributed by atoms with Gasteiger partial charge >= 0.3 is 0 Å². The fraction of sp³-hybridized carbons (Fsp3) is 0.636. The van der Waals surface area contributed by atoms with Crippen molar-refractivity contribution in [3.63, 3.8) is 0 Å². The molecule has 1 aliphatic carbocycles. The second-order valence-electron chi connectivity index (χ2n) is 3.45. The molecule has 2 atom stereocenters. The molecule has 0 radical (unpaired) electrons. The summed E-state index contributed by atoms with van der Waals surface area (Å²) in [4.78, 5) is 0. The van der Waals surface area contributed by atoms with Crippen LogP contribution in [0.2, 0.25) is 0 Å². The van der Waals surface area contributed by atoms with Crippen molar-refractivity contribution in [2.24, 2.45) is 11.8 Å². The lowest BCUT2D eigenvalue weighted by Crippen LogP contribution is -2.02. The van der Waals surface area contributed by atoms with Crippen LogP contribution in [0.25, 0.3) is 0 Å². The van der Waals surface area contributed by atoms with Crippen LogP contribution in [0.5, 0.6) is 0 Å². The molecule has 0 amide bonds. The topological polar surface area (TPSA) is 0 Å². The van der Waals surface area contributed by atoms with Crippen molar-refractivity contribution >= 4 is 0 Å². The van der Waals surface area contributed by atoms with Crippen LogP contribution < -0.4 is 0 Å². The highest BCUT2D eigenvalue weighted by atomic mass is 14.2. The molecule has 0 bridgehead atoms. The van der Waals surface area contributed by atoms with Crippen LogP contribution in [0.4, 0.5) is 0 Å². The lowest BCUT2D eigenvalue weighted by molar-refractivity contribution is 0.421. The minimum atomic E-state index is 0.735. The molecule has 0 fully saturated rings. The van der Waals surface area contributed by atoms with Gasteiger partial charge < -0.3 is 0 Å². The van der Waals surface area contributed by atoms with E-state index in [-0.39, 0.29) is 0 Å². The van der Waals surface area contributed by atoms with E-state index in [2.05, 4.69) is 31.7 Å². The van der Waals surface area contributed by atoms with E-state index in [0.29, 0.717) is 0 Å². The van der Waals surface area contributed by atoms with Crippen molar-refractivity contribution in [1.82, 2.24) is 0 Å². The summed E-state index contributed by atoms with van der Waals surface area (Å²) in [5.74, 6) is 1.63. The van der Waals surface area contributed by atoms with E-state index in [4.69, 9.17) is 0 Å². The van der Waals surface area contributed by atoms with Gasteiger partial charge in [-0.2, -0.15) is 0 Å². The van der Waals surface area contributed by atoms with Crippen LogP contribution in [0.15, 0.2) is 24.8 Å². The van der Waals surface area contributed by atoms with Crippen molar-refractivity contribution < 1.29 is 0 Å². The Morgan fingerprint density at radius 3 is 2.82 bits per heavy atom. The zero-order valence-corrected chi connectivity index (χ0v) is 7.42.